The number of aliphatic hydroxyl groups is 1. The average molecular weight is 1000 g/mol. The van der Waals surface area contributed by atoms with E-state index in [9.17, 15) is 19.4 Å². The summed E-state index contributed by atoms with van der Waals surface area (Å²) in [6.07, 6.45) is 71.8. The van der Waals surface area contributed by atoms with Gasteiger partial charge in [0.15, 0.2) is 0 Å². The second-order valence-electron chi connectivity index (χ2n) is 20.6. The summed E-state index contributed by atoms with van der Waals surface area (Å²) in [5, 5.41) is 14.0. The lowest BCUT2D eigenvalue weighted by Crippen LogP contribution is -2.46. The summed E-state index contributed by atoms with van der Waals surface area (Å²) in [7, 11) is 1.27. The van der Waals surface area contributed by atoms with Crippen LogP contribution in [0.5, 0.6) is 0 Å². The van der Waals surface area contributed by atoms with Crippen LogP contribution in [0, 0.1) is 0 Å². The van der Waals surface area contributed by atoms with Crippen molar-refractivity contribution in [2.45, 2.75) is 257 Å². The van der Waals surface area contributed by atoms with Crippen LogP contribution in [0.2, 0.25) is 0 Å². The third-order valence-corrected chi connectivity index (χ3v) is 13.6. The van der Waals surface area contributed by atoms with Gasteiger partial charge < -0.3 is 28.8 Å². The van der Waals surface area contributed by atoms with Gasteiger partial charge in [0.25, 0.3) is 7.82 Å². The van der Waals surface area contributed by atoms with E-state index in [1.54, 1.807) is 0 Å². The molecule has 70 heavy (non-hydrogen) atoms. The zero-order chi connectivity index (χ0) is 51.3. The van der Waals surface area contributed by atoms with Gasteiger partial charge in [-0.25, -0.2) is 0 Å². The van der Waals surface area contributed by atoms with Crippen LogP contribution in [0.3, 0.4) is 0 Å². The van der Waals surface area contributed by atoms with Gasteiger partial charge in [-0.1, -0.05) is 253 Å². The maximum absolute atomic E-state index is 13.0. The molecule has 0 rings (SSSR count). The van der Waals surface area contributed by atoms with Crippen LogP contribution in [0.25, 0.3) is 0 Å². The molecule has 2 N–H and O–H groups in total. The third kappa shape index (κ3) is 53.5. The highest BCUT2D eigenvalue weighted by Crippen LogP contribution is 2.38. The van der Waals surface area contributed by atoms with Crippen LogP contribution in [-0.2, 0) is 18.4 Å². The van der Waals surface area contributed by atoms with Crippen molar-refractivity contribution in [1.29, 1.82) is 0 Å². The first-order chi connectivity index (χ1) is 34.0. The average Bonchev–Trinajstić information content (AvgIpc) is 3.32. The second-order valence-corrected chi connectivity index (χ2v) is 22.0. The first kappa shape index (κ1) is 67.7. The van der Waals surface area contributed by atoms with Crippen molar-refractivity contribution in [1.82, 2.24) is 5.32 Å². The Morgan fingerprint density at radius 1 is 0.514 bits per heavy atom. The Kier molecular flexibility index (Phi) is 49.9. The molecule has 0 aliphatic heterocycles. The molecule has 3 atom stereocenters. The van der Waals surface area contributed by atoms with E-state index in [4.69, 9.17) is 9.05 Å². The highest BCUT2D eigenvalue weighted by Gasteiger charge is 2.24. The Bertz CT molecular complexity index is 1410. The van der Waals surface area contributed by atoms with Gasteiger partial charge in [0.2, 0.25) is 5.91 Å². The normalized spacial score (nSPS) is 14.6. The number of nitrogens with one attached hydrogen (secondary N) is 1. The second kappa shape index (κ2) is 51.6. The summed E-state index contributed by atoms with van der Waals surface area (Å²) in [5.74, 6) is -0.197. The predicted molar refractivity (Wildman–Crippen MR) is 302 cm³/mol. The summed E-state index contributed by atoms with van der Waals surface area (Å²) in [6, 6.07) is -0.826. The van der Waals surface area contributed by atoms with Crippen LogP contribution in [-0.4, -0.2) is 68.5 Å². The third-order valence-electron chi connectivity index (χ3n) is 12.6. The molecule has 406 valence electrons. The maximum Gasteiger partial charge on any atom is 0.268 e. The van der Waals surface area contributed by atoms with Gasteiger partial charge in [-0.3, -0.25) is 9.36 Å². The lowest BCUT2D eigenvalue weighted by Gasteiger charge is -2.30. The van der Waals surface area contributed by atoms with E-state index in [-0.39, 0.29) is 19.1 Å². The number of nitrogens with zero attached hydrogens (tertiary/aromatic N) is 1. The largest absolute Gasteiger partial charge is 0.756 e. The molecule has 1 amide bonds. The zero-order valence-corrected chi connectivity index (χ0v) is 47.1. The lowest BCUT2D eigenvalue weighted by atomic mass is 10.0. The molecule has 0 aliphatic carbocycles. The van der Waals surface area contributed by atoms with Gasteiger partial charge in [0.1, 0.15) is 13.2 Å². The van der Waals surface area contributed by atoms with Crippen molar-refractivity contribution in [3.8, 4) is 0 Å². The van der Waals surface area contributed by atoms with Gasteiger partial charge in [-0.2, -0.15) is 0 Å². The number of likely N-dealkylation sites (N-methyl/N-ethyl adjacent to an activating group) is 1. The molecule has 8 nitrogen and oxygen atoms in total. The topological polar surface area (TPSA) is 108 Å². The van der Waals surface area contributed by atoms with Crippen molar-refractivity contribution < 1.29 is 32.9 Å². The van der Waals surface area contributed by atoms with E-state index < -0.39 is 20.0 Å². The first-order valence-electron chi connectivity index (χ1n) is 28.9. The minimum atomic E-state index is -4.59. The van der Waals surface area contributed by atoms with Crippen LogP contribution < -0.4 is 10.2 Å². The molecule has 0 bridgehead atoms. The number of allylic oxidation sites excluding steroid dienone is 14. The van der Waals surface area contributed by atoms with Crippen molar-refractivity contribution in [3.05, 3.63) is 85.1 Å². The fourth-order valence-electron chi connectivity index (χ4n) is 8.14. The van der Waals surface area contributed by atoms with Crippen molar-refractivity contribution in [2.24, 2.45) is 0 Å². The van der Waals surface area contributed by atoms with Gasteiger partial charge >= 0.3 is 0 Å². The number of carbonyl (C=O) groups excluding carboxylic acids is 1. The number of phosphoric acid groups is 1. The highest BCUT2D eigenvalue weighted by molar-refractivity contribution is 7.45. The summed E-state index contributed by atoms with van der Waals surface area (Å²) in [5.41, 5.74) is 0. The molecule has 0 aliphatic rings. The Balaban J connectivity index is 4.28. The number of hydrogen-bond acceptors (Lipinski definition) is 6. The van der Waals surface area contributed by atoms with Crippen molar-refractivity contribution in [3.63, 3.8) is 0 Å². The number of carbonyl (C=O) groups is 1. The SMILES string of the molecule is CC/C=C\C/C=C\C/C=C\C/C=C\C/C=C\C/C=C\C/C=C\CCCCCC(=O)NC(COP(=O)([O-])OCC[N+](C)(C)C)C(O)CCCCCCCCCCCCCCCCCCCCCCCCC. The molecular weight excluding hydrogens is 888 g/mol. The van der Waals surface area contributed by atoms with Gasteiger partial charge in [-0.15, -0.1) is 0 Å². The number of hydrogen-bond donors (Lipinski definition) is 2. The van der Waals surface area contributed by atoms with Crippen molar-refractivity contribution >= 4 is 13.7 Å². The molecule has 0 aromatic carbocycles. The number of unbranched alkanes of at least 4 members (excludes halogenated alkanes) is 25. The van der Waals surface area contributed by atoms with Gasteiger partial charge in [-0.05, 0) is 70.6 Å². The quantitative estimate of drug-likeness (QED) is 0.0272. The molecule has 0 fully saturated rings. The van der Waals surface area contributed by atoms with E-state index in [0.717, 1.165) is 89.9 Å². The van der Waals surface area contributed by atoms with E-state index in [1.165, 1.54) is 128 Å². The standard InChI is InChI=1S/C61H111N2O6P/c1-6-8-10-12-14-16-18-20-22-24-26-28-30-31-33-35-37-39-41-43-45-47-49-51-53-55-61(65)62-59(58-69-70(66,67)68-57-56-63(3,4)5)60(64)54-52-50-48-46-44-42-40-38-36-34-32-29-27-25-23-21-19-17-15-13-11-9-7-2/h8,10,14,16,20,22,26,28,31,33,37,39,43,45,59-60,64H,6-7,9,11-13,15,17-19,21,23-25,27,29-30,32,34-36,38,40-42,44,46-58H2,1-5H3,(H-,62,65,66,67)/b10-8-,16-14-,22-20-,28-26-,33-31-,39-37-,45-43-. The Morgan fingerprint density at radius 2 is 0.871 bits per heavy atom. The van der Waals surface area contributed by atoms with Crippen molar-refractivity contribution in [2.75, 3.05) is 40.9 Å². The fraction of sp³-hybridized carbons (Fsp3) is 0.754. The van der Waals surface area contributed by atoms with Crippen LogP contribution >= 0.6 is 7.82 Å². The Labute approximate surface area is 433 Å². The zero-order valence-electron chi connectivity index (χ0n) is 46.2. The molecule has 0 radical (unpaired) electrons. The van der Waals surface area contributed by atoms with Crippen LogP contribution in [0.1, 0.15) is 245 Å². The lowest BCUT2D eigenvalue weighted by molar-refractivity contribution is -0.870. The molecule has 0 heterocycles. The van der Waals surface area contributed by atoms with Crippen LogP contribution in [0.4, 0.5) is 0 Å². The Hall–Kier alpha value is -2.32. The van der Waals surface area contributed by atoms with E-state index in [2.05, 4.69) is 104 Å². The van der Waals surface area contributed by atoms with Gasteiger partial charge in [0.05, 0.1) is 39.9 Å². The minimum absolute atomic E-state index is 0.00105. The molecule has 0 aromatic rings. The maximum atomic E-state index is 13.0. The molecule has 0 saturated heterocycles. The molecule has 3 unspecified atom stereocenters. The molecular formula is C61H111N2O6P. The number of rotatable bonds is 52. The number of amides is 1. The molecule has 9 heteroatoms. The molecule has 0 spiro atoms. The summed E-state index contributed by atoms with van der Waals surface area (Å²) >= 11 is 0. The van der Waals surface area contributed by atoms with E-state index in [0.29, 0.717) is 23.9 Å². The minimum Gasteiger partial charge on any atom is -0.756 e. The predicted octanol–water partition coefficient (Wildman–Crippen LogP) is 17.0. The number of aliphatic hydroxyl groups excluding tert-OH is 1. The van der Waals surface area contributed by atoms with Crippen LogP contribution in [0.15, 0.2) is 85.1 Å². The summed E-state index contributed by atoms with van der Waals surface area (Å²) in [4.78, 5) is 25.5. The smallest absolute Gasteiger partial charge is 0.268 e. The number of quaternary nitrogens is 1. The molecule has 0 saturated carbocycles. The van der Waals surface area contributed by atoms with E-state index >= 15 is 0 Å². The fourth-order valence-corrected chi connectivity index (χ4v) is 8.86. The summed E-state index contributed by atoms with van der Waals surface area (Å²) < 4.78 is 23.4. The highest BCUT2D eigenvalue weighted by atomic mass is 31.2. The Morgan fingerprint density at radius 3 is 1.26 bits per heavy atom. The summed E-state index contributed by atoms with van der Waals surface area (Å²) in [6.45, 7) is 4.59. The number of phosphoric ester groups is 1. The van der Waals surface area contributed by atoms with E-state index in [1.807, 2.05) is 21.1 Å². The first-order valence-corrected chi connectivity index (χ1v) is 30.4. The monoisotopic (exact) mass is 999 g/mol. The van der Waals surface area contributed by atoms with Gasteiger partial charge in [0, 0.05) is 6.42 Å². The molecule has 0 aromatic heterocycles.